The minimum Gasteiger partial charge on any atom is -0.454 e. The molecule has 0 saturated heterocycles. The van der Waals surface area contributed by atoms with Gasteiger partial charge < -0.3 is 9.47 Å². The first-order chi connectivity index (χ1) is 20.8. The summed E-state index contributed by atoms with van der Waals surface area (Å²) < 4.78 is 41.2. The number of carbonyl (C=O) groups excluding carboxylic acids is 4. The Morgan fingerprint density at radius 2 is 0.791 bits per heavy atom. The predicted molar refractivity (Wildman–Crippen MR) is 155 cm³/mol. The van der Waals surface area contributed by atoms with E-state index in [-0.39, 0.29) is 34.4 Å². The normalized spacial score (nSPS) is 14.6. The molecule has 2 aliphatic heterocycles. The zero-order valence-corrected chi connectivity index (χ0v) is 22.9. The van der Waals surface area contributed by atoms with Gasteiger partial charge in [0.1, 0.15) is 21.3 Å². The minimum absolute atomic E-state index is 0.0966. The van der Waals surface area contributed by atoms with E-state index in [1.807, 2.05) is 0 Å². The maximum Gasteiger partial charge on any atom is 0.258 e. The summed E-state index contributed by atoms with van der Waals surface area (Å²) >= 11 is 0. The van der Waals surface area contributed by atoms with Gasteiger partial charge in [-0.05, 0) is 48.5 Å². The van der Waals surface area contributed by atoms with Crippen LogP contribution in [0.3, 0.4) is 0 Å². The summed E-state index contributed by atoms with van der Waals surface area (Å²) in [4.78, 5) is 51.4. The second-order valence-corrected chi connectivity index (χ2v) is 11.1. The van der Waals surface area contributed by atoms with Crippen molar-refractivity contribution in [2.45, 2.75) is 9.79 Å². The molecule has 0 radical (unpaired) electrons. The Hall–Kier alpha value is -5.81. The molecule has 4 amide bonds. The van der Waals surface area contributed by atoms with E-state index in [4.69, 9.17) is 9.47 Å². The number of ether oxygens (including phenoxy) is 2. The van der Waals surface area contributed by atoms with E-state index in [9.17, 15) is 27.6 Å². The third-order valence-corrected chi connectivity index (χ3v) is 8.32. The molecule has 0 saturated carbocycles. The summed E-state index contributed by atoms with van der Waals surface area (Å²) in [6.07, 6.45) is 4.29. The second kappa shape index (κ2) is 10.9. The van der Waals surface area contributed by atoms with Gasteiger partial charge in [-0.1, -0.05) is 48.5 Å². The highest BCUT2D eigenvalue weighted by atomic mass is 32.2. The molecule has 0 fully saturated rings. The van der Waals surface area contributed by atoms with Crippen molar-refractivity contribution in [1.82, 2.24) is 0 Å². The fraction of sp³-hybridized carbons (Fsp3) is 0. The van der Waals surface area contributed by atoms with Crippen LogP contribution in [0.1, 0.15) is 0 Å². The van der Waals surface area contributed by atoms with Gasteiger partial charge in [-0.15, -0.1) is 0 Å². The van der Waals surface area contributed by atoms with Gasteiger partial charge in [0.2, 0.25) is 9.84 Å². The Balaban J connectivity index is 1.57. The SMILES string of the molecule is O=C1C=CC(=O)N1c1cccc(S(=O)(=O)c2cccc(N3C(=O)C=CC3=O)c2Oc2ccccc2)c1Oc1ccccc1. The zero-order valence-electron chi connectivity index (χ0n) is 22.1. The lowest BCUT2D eigenvalue weighted by Gasteiger charge is -2.23. The van der Waals surface area contributed by atoms with E-state index >= 15 is 0 Å². The van der Waals surface area contributed by atoms with Crippen LogP contribution >= 0.6 is 0 Å². The third-order valence-electron chi connectivity index (χ3n) is 6.52. The van der Waals surface area contributed by atoms with Crippen molar-refractivity contribution in [3.05, 3.63) is 121 Å². The van der Waals surface area contributed by atoms with Crippen molar-refractivity contribution in [2.75, 3.05) is 9.80 Å². The topological polar surface area (TPSA) is 127 Å². The first-order valence-electron chi connectivity index (χ1n) is 12.8. The van der Waals surface area contributed by atoms with Crippen molar-refractivity contribution in [3.8, 4) is 23.0 Å². The number of nitrogens with zero attached hydrogens (tertiary/aromatic N) is 2. The molecule has 43 heavy (non-hydrogen) atoms. The number of para-hydroxylation sites is 4. The molecular weight excluding hydrogens is 572 g/mol. The zero-order chi connectivity index (χ0) is 30.1. The van der Waals surface area contributed by atoms with Crippen molar-refractivity contribution in [1.29, 1.82) is 0 Å². The van der Waals surface area contributed by atoms with Gasteiger partial charge in [-0.2, -0.15) is 0 Å². The van der Waals surface area contributed by atoms with Crippen LogP contribution in [0.15, 0.2) is 131 Å². The van der Waals surface area contributed by atoms with Crippen LogP contribution in [0, 0.1) is 0 Å². The van der Waals surface area contributed by atoms with E-state index in [0.717, 1.165) is 34.1 Å². The Morgan fingerprint density at radius 3 is 1.14 bits per heavy atom. The molecule has 6 rings (SSSR count). The maximum atomic E-state index is 14.5. The van der Waals surface area contributed by atoms with Gasteiger partial charge in [0, 0.05) is 24.3 Å². The number of amides is 4. The van der Waals surface area contributed by atoms with Gasteiger partial charge in [0.15, 0.2) is 11.5 Å². The van der Waals surface area contributed by atoms with Crippen LogP contribution < -0.4 is 19.3 Å². The number of carbonyl (C=O) groups is 4. The molecule has 0 spiro atoms. The molecule has 4 aromatic rings. The standard InChI is InChI=1S/C32H20N2O8S/c35-27-17-18-28(36)33(27)23-13-7-15-25(31(23)41-21-9-3-1-4-10-21)43(39,40)26-16-8-14-24(34-29(37)19-20-30(34)38)32(26)42-22-11-5-2-6-12-22/h1-20H. The Labute approximate surface area is 245 Å². The Bertz CT molecular complexity index is 1800. The van der Waals surface area contributed by atoms with Gasteiger partial charge in [0.25, 0.3) is 23.6 Å². The highest BCUT2D eigenvalue weighted by Crippen LogP contribution is 2.46. The smallest absolute Gasteiger partial charge is 0.258 e. The number of hydrogen-bond donors (Lipinski definition) is 0. The summed E-state index contributed by atoms with van der Waals surface area (Å²) in [5, 5.41) is 0. The molecule has 4 aromatic carbocycles. The number of imide groups is 2. The fourth-order valence-electron chi connectivity index (χ4n) is 4.60. The Morgan fingerprint density at radius 1 is 0.442 bits per heavy atom. The van der Waals surface area contributed by atoms with Crippen LogP contribution in [0.4, 0.5) is 11.4 Å². The van der Waals surface area contributed by atoms with E-state index in [0.29, 0.717) is 0 Å². The van der Waals surface area contributed by atoms with E-state index in [1.165, 1.54) is 36.4 Å². The molecule has 0 N–H and O–H groups in total. The average Bonchev–Trinajstić information content (AvgIpc) is 3.53. The highest BCUT2D eigenvalue weighted by Gasteiger charge is 2.36. The molecule has 0 aliphatic carbocycles. The lowest BCUT2D eigenvalue weighted by atomic mass is 10.2. The van der Waals surface area contributed by atoms with E-state index in [1.54, 1.807) is 60.7 Å². The quantitative estimate of drug-likeness (QED) is 0.263. The predicted octanol–water partition coefficient (Wildman–Crippen LogP) is 4.96. The van der Waals surface area contributed by atoms with Crippen LogP contribution in [0.5, 0.6) is 23.0 Å². The van der Waals surface area contributed by atoms with Crippen molar-refractivity contribution in [3.63, 3.8) is 0 Å². The van der Waals surface area contributed by atoms with E-state index < -0.39 is 43.3 Å². The molecule has 10 nitrogen and oxygen atoms in total. The monoisotopic (exact) mass is 592 g/mol. The lowest BCUT2D eigenvalue weighted by molar-refractivity contribution is -0.121. The Kier molecular flexibility index (Phi) is 6.92. The van der Waals surface area contributed by atoms with Gasteiger partial charge in [0.05, 0.1) is 11.4 Å². The molecule has 0 atom stereocenters. The first kappa shape index (κ1) is 27.4. The average molecular weight is 593 g/mol. The lowest BCUT2D eigenvalue weighted by Crippen LogP contribution is -2.30. The number of benzene rings is 4. The van der Waals surface area contributed by atoms with Gasteiger partial charge in [-0.3, -0.25) is 19.2 Å². The summed E-state index contributed by atoms with van der Waals surface area (Å²) in [6.45, 7) is 0. The molecule has 0 aromatic heterocycles. The number of rotatable bonds is 8. The minimum atomic E-state index is -4.60. The molecule has 2 heterocycles. The van der Waals surface area contributed by atoms with Crippen LogP contribution in [0.25, 0.3) is 0 Å². The van der Waals surface area contributed by atoms with Crippen LogP contribution in [0.2, 0.25) is 0 Å². The number of sulfone groups is 1. The molecule has 212 valence electrons. The summed E-state index contributed by atoms with van der Waals surface area (Å²) in [6, 6.07) is 24.6. The van der Waals surface area contributed by atoms with Crippen molar-refractivity contribution < 1.29 is 37.1 Å². The van der Waals surface area contributed by atoms with Crippen molar-refractivity contribution in [2.24, 2.45) is 0 Å². The molecular formula is C32H20N2O8S. The molecule has 0 bridgehead atoms. The summed E-state index contributed by atoms with van der Waals surface area (Å²) in [5.74, 6) is -2.79. The second-order valence-electron chi connectivity index (χ2n) is 9.23. The number of anilines is 2. The van der Waals surface area contributed by atoms with Crippen molar-refractivity contribution >= 4 is 44.8 Å². The largest absolute Gasteiger partial charge is 0.454 e. The fourth-order valence-corrected chi connectivity index (χ4v) is 6.13. The first-order valence-corrected chi connectivity index (χ1v) is 14.3. The third kappa shape index (κ3) is 4.98. The number of hydrogen-bond acceptors (Lipinski definition) is 8. The van der Waals surface area contributed by atoms with E-state index in [2.05, 4.69) is 0 Å². The molecule has 2 aliphatic rings. The van der Waals surface area contributed by atoms with Gasteiger partial charge >= 0.3 is 0 Å². The van der Waals surface area contributed by atoms with Gasteiger partial charge in [-0.25, -0.2) is 18.2 Å². The maximum absolute atomic E-state index is 14.5. The molecule has 0 unspecified atom stereocenters. The van der Waals surface area contributed by atoms with Crippen LogP contribution in [-0.2, 0) is 29.0 Å². The summed E-state index contributed by atoms with van der Waals surface area (Å²) in [7, 11) is -4.60. The summed E-state index contributed by atoms with van der Waals surface area (Å²) in [5.41, 5.74) is -0.193. The highest BCUT2D eigenvalue weighted by molar-refractivity contribution is 7.91. The molecule has 11 heteroatoms. The van der Waals surface area contributed by atoms with Crippen LogP contribution in [-0.4, -0.2) is 32.0 Å².